The summed E-state index contributed by atoms with van der Waals surface area (Å²) in [7, 11) is 1.30. The van der Waals surface area contributed by atoms with Crippen LogP contribution in [0.4, 0.5) is 0 Å². The topological polar surface area (TPSA) is 73.9 Å². The van der Waals surface area contributed by atoms with Crippen LogP contribution in [0, 0.1) is 0 Å². The second kappa shape index (κ2) is 8.52. The number of amides is 1. The van der Waals surface area contributed by atoms with Gasteiger partial charge < -0.3 is 19.5 Å². The van der Waals surface area contributed by atoms with E-state index in [2.05, 4.69) is 10.1 Å². The molecule has 0 saturated heterocycles. The number of hydrogen-bond acceptors (Lipinski definition) is 5. The third kappa shape index (κ3) is 4.57. The van der Waals surface area contributed by atoms with E-state index in [0.29, 0.717) is 16.5 Å². The van der Waals surface area contributed by atoms with Crippen LogP contribution in [0.25, 0.3) is 0 Å². The average Bonchev–Trinajstić information content (AvgIpc) is 2.66. The molecular formula is C21H22ClNO5. The predicted octanol–water partition coefficient (Wildman–Crippen LogP) is 3.44. The van der Waals surface area contributed by atoms with Gasteiger partial charge in [0.2, 0.25) is 5.91 Å². The van der Waals surface area contributed by atoms with Gasteiger partial charge >= 0.3 is 5.97 Å². The Balaban J connectivity index is 2.02. The molecule has 3 rings (SSSR count). The average molecular weight is 404 g/mol. The number of ether oxygens (including phenoxy) is 3. The molecule has 0 aromatic heterocycles. The Kier molecular flexibility index (Phi) is 6.09. The van der Waals surface area contributed by atoms with Gasteiger partial charge in [0.1, 0.15) is 0 Å². The SMILES string of the molecule is COC(=O)COc1cc2c(cc1OC(C)C)C(c1ccc(Cl)cc1)NC(=O)C2. The molecule has 0 saturated carbocycles. The number of fused-ring (bicyclic) bond motifs is 1. The van der Waals surface area contributed by atoms with Gasteiger partial charge in [-0.3, -0.25) is 4.79 Å². The number of hydrogen-bond donors (Lipinski definition) is 1. The third-order valence-electron chi connectivity index (χ3n) is 4.31. The molecule has 0 aliphatic carbocycles. The number of benzene rings is 2. The van der Waals surface area contributed by atoms with Crippen molar-refractivity contribution in [1.82, 2.24) is 5.32 Å². The van der Waals surface area contributed by atoms with Crippen molar-refractivity contribution in [1.29, 1.82) is 0 Å². The second-order valence-corrected chi connectivity index (χ2v) is 7.19. The van der Waals surface area contributed by atoms with Crippen molar-refractivity contribution in [3.8, 4) is 11.5 Å². The zero-order valence-corrected chi connectivity index (χ0v) is 16.7. The molecule has 2 aromatic carbocycles. The minimum absolute atomic E-state index is 0.0920. The molecule has 1 aliphatic rings. The normalized spacial score (nSPS) is 15.6. The highest BCUT2D eigenvalue weighted by Gasteiger charge is 2.28. The van der Waals surface area contributed by atoms with Crippen LogP contribution in [0.1, 0.15) is 36.6 Å². The van der Waals surface area contributed by atoms with Crippen molar-refractivity contribution in [3.63, 3.8) is 0 Å². The van der Waals surface area contributed by atoms with Gasteiger partial charge in [0.25, 0.3) is 0 Å². The van der Waals surface area contributed by atoms with E-state index in [-0.39, 0.29) is 31.1 Å². The standard InChI is InChI=1S/C21H22ClNO5/c1-12(2)28-18-10-16-14(8-17(18)27-11-20(25)26-3)9-19(24)23-21(16)13-4-6-15(22)7-5-13/h4-8,10,12,21H,9,11H2,1-3H3,(H,23,24). The van der Waals surface area contributed by atoms with Crippen LogP contribution in [0.15, 0.2) is 36.4 Å². The Labute approximate surface area is 168 Å². The van der Waals surface area contributed by atoms with Crippen LogP contribution in [0.5, 0.6) is 11.5 Å². The van der Waals surface area contributed by atoms with Crippen molar-refractivity contribution in [2.45, 2.75) is 32.4 Å². The highest BCUT2D eigenvalue weighted by Crippen LogP contribution is 2.38. The van der Waals surface area contributed by atoms with Gasteiger partial charge in [-0.15, -0.1) is 0 Å². The van der Waals surface area contributed by atoms with Crippen molar-refractivity contribution in [2.24, 2.45) is 0 Å². The van der Waals surface area contributed by atoms with Gasteiger partial charge in [-0.2, -0.15) is 0 Å². The molecule has 0 spiro atoms. The van der Waals surface area contributed by atoms with E-state index in [1.807, 2.05) is 32.0 Å². The first kappa shape index (κ1) is 20.0. The molecule has 0 bridgehead atoms. The van der Waals surface area contributed by atoms with Gasteiger partial charge in [-0.25, -0.2) is 4.79 Å². The zero-order chi connectivity index (χ0) is 20.3. The number of methoxy groups -OCH3 is 1. The fourth-order valence-electron chi connectivity index (χ4n) is 3.07. The van der Waals surface area contributed by atoms with Gasteiger partial charge in [0.15, 0.2) is 18.1 Å². The number of carbonyl (C=O) groups excluding carboxylic acids is 2. The maximum atomic E-state index is 12.3. The highest BCUT2D eigenvalue weighted by atomic mass is 35.5. The number of halogens is 1. The summed E-state index contributed by atoms with van der Waals surface area (Å²) >= 11 is 5.99. The first-order valence-electron chi connectivity index (χ1n) is 8.95. The Bertz CT molecular complexity index is 879. The highest BCUT2D eigenvalue weighted by molar-refractivity contribution is 6.30. The molecule has 148 valence electrons. The van der Waals surface area contributed by atoms with E-state index < -0.39 is 5.97 Å². The summed E-state index contributed by atoms with van der Waals surface area (Å²) in [4.78, 5) is 23.7. The lowest BCUT2D eigenvalue weighted by atomic mass is 9.89. The Morgan fingerprint density at radius 3 is 2.57 bits per heavy atom. The van der Waals surface area contributed by atoms with Gasteiger partial charge in [-0.1, -0.05) is 23.7 Å². The fourth-order valence-corrected chi connectivity index (χ4v) is 3.20. The Hall–Kier alpha value is -2.73. The number of nitrogens with one attached hydrogen (secondary N) is 1. The monoisotopic (exact) mass is 403 g/mol. The number of esters is 1. The molecule has 1 unspecified atom stereocenters. The molecule has 1 aliphatic heterocycles. The minimum atomic E-state index is -0.495. The molecule has 1 amide bonds. The Morgan fingerprint density at radius 1 is 1.21 bits per heavy atom. The lowest BCUT2D eigenvalue weighted by molar-refractivity contribution is -0.143. The maximum absolute atomic E-state index is 12.3. The largest absolute Gasteiger partial charge is 0.487 e. The summed E-state index contributed by atoms with van der Waals surface area (Å²) in [5, 5.41) is 3.64. The summed E-state index contributed by atoms with van der Waals surface area (Å²) in [5.41, 5.74) is 2.65. The van der Waals surface area contributed by atoms with E-state index in [0.717, 1.165) is 16.7 Å². The third-order valence-corrected chi connectivity index (χ3v) is 4.56. The van der Waals surface area contributed by atoms with E-state index in [9.17, 15) is 9.59 Å². The molecule has 28 heavy (non-hydrogen) atoms. The number of rotatable bonds is 6. The van der Waals surface area contributed by atoms with Crippen molar-refractivity contribution < 1.29 is 23.8 Å². The smallest absolute Gasteiger partial charge is 0.343 e. The van der Waals surface area contributed by atoms with Crippen LogP contribution >= 0.6 is 11.6 Å². The summed E-state index contributed by atoms with van der Waals surface area (Å²) in [6.45, 7) is 3.57. The van der Waals surface area contributed by atoms with Crippen molar-refractivity contribution >= 4 is 23.5 Å². The molecule has 7 heteroatoms. The molecule has 0 radical (unpaired) electrons. The lowest BCUT2D eigenvalue weighted by Crippen LogP contribution is -2.36. The quantitative estimate of drug-likeness (QED) is 0.748. The molecule has 2 aromatic rings. The van der Waals surface area contributed by atoms with Crippen LogP contribution in [0.2, 0.25) is 5.02 Å². The summed E-state index contributed by atoms with van der Waals surface area (Å²) in [5.74, 6) is 0.323. The van der Waals surface area contributed by atoms with Crippen molar-refractivity contribution in [2.75, 3.05) is 13.7 Å². The number of carbonyl (C=O) groups is 2. The molecule has 1 atom stereocenters. The molecule has 1 N–H and O–H groups in total. The van der Waals surface area contributed by atoms with Crippen LogP contribution < -0.4 is 14.8 Å². The minimum Gasteiger partial charge on any atom is -0.487 e. The van der Waals surface area contributed by atoms with E-state index in [1.165, 1.54) is 7.11 Å². The van der Waals surface area contributed by atoms with Crippen LogP contribution in [0.3, 0.4) is 0 Å². The maximum Gasteiger partial charge on any atom is 0.343 e. The summed E-state index contributed by atoms with van der Waals surface area (Å²) < 4.78 is 16.1. The van der Waals surface area contributed by atoms with Gasteiger partial charge in [0.05, 0.1) is 25.7 Å². The second-order valence-electron chi connectivity index (χ2n) is 6.76. The molecule has 1 heterocycles. The molecule has 6 nitrogen and oxygen atoms in total. The molecule has 0 fully saturated rings. The molecular weight excluding hydrogens is 382 g/mol. The lowest BCUT2D eigenvalue weighted by Gasteiger charge is -2.29. The van der Waals surface area contributed by atoms with Gasteiger partial charge in [-0.05, 0) is 54.8 Å². The van der Waals surface area contributed by atoms with E-state index in [1.54, 1.807) is 18.2 Å². The first-order chi connectivity index (χ1) is 13.4. The zero-order valence-electron chi connectivity index (χ0n) is 16.0. The van der Waals surface area contributed by atoms with E-state index in [4.69, 9.17) is 21.1 Å². The van der Waals surface area contributed by atoms with Crippen LogP contribution in [-0.4, -0.2) is 31.7 Å². The van der Waals surface area contributed by atoms with Gasteiger partial charge in [0, 0.05) is 5.02 Å². The summed E-state index contributed by atoms with van der Waals surface area (Å²) in [6, 6.07) is 10.6. The fraction of sp³-hybridized carbons (Fsp3) is 0.333. The van der Waals surface area contributed by atoms with Crippen molar-refractivity contribution in [3.05, 3.63) is 58.1 Å². The first-order valence-corrected chi connectivity index (χ1v) is 9.33. The Morgan fingerprint density at radius 2 is 1.93 bits per heavy atom. The predicted molar refractivity (Wildman–Crippen MR) is 105 cm³/mol. The van der Waals surface area contributed by atoms with Crippen LogP contribution in [-0.2, 0) is 20.7 Å². The van der Waals surface area contributed by atoms with E-state index >= 15 is 0 Å². The summed E-state index contributed by atoms with van der Waals surface area (Å²) in [6.07, 6.45) is 0.126.